The summed E-state index contributed by atoms with van der Waals surface area (Å²) in [6.07, 6.45) is 14.1. The van der Waals surface area contributed by atoms with Crippen molar-refractivity contribution in [2.45, 2.75) is 174 Å². The smallest absolute Gasteiger partial charge is 0.273 e. The summed E-state index contributed by atoms with van der Waals surface area (Å²) >= 11 is 13.1. The number of ether oxygens (including phenoxy) is 2. The Morgan fingerprint density at radius 3 is 1.92 bits per heavy atom. The fourth-order valence-corrected chi connectivity index (χ4v) is 10.1. The average molecular weight is 956 g/mol. The molecule has 2 unspecified atom stereocenters. The largest absolute Gasteiger partial charge is 0.497 e. The van der Waals surface area contributed by atoms with Crippen molar-refractivity contribution >= 4 is 68.0 Å². The number of carbonyl (C=O) groups is 3. The lowest BCUT2D eigenvalue weighted by Gasteiger charge is -2.31. The number of amidine groups is 1. The third-order valence-corrected chi connectivity index (χ3v) is 15.4. The highest BCUT2D eigenvalue weighted by molar-refractivity contribution is 7.93. The zero-order valence-corrected chi connectivity index (χ0v) is 42.4. The van der Waals surface area contributed by atoms with Crippen molar-refractivity contribution in [1.29, 1.82) is 0 Å². The topological polar surface area (TPSA) is 143 Å². The average Bonchev–Trinajstić information content (AvgIpc) is 3.60. The number of nitrogens with zero attached hydrogens (tertiary/aromatic N) is 2. The number of halogens is 2. The standard InChI is InChI=1S/C51H72Cl2N4O7S/c1-10-14-15-16-17-18-19-20-21-22-23-24-30-65(61,62)45-46(56-57(49(45)60)44-40(52)33-38(63-9)34-41(44)53)55-47(58)35-26-25-27-37(31-35)54-48(59)42(11-2)64-43-29-28-36(50(5,6)12-3)32-39(43)51(7,8)13-4/h25-29,31-34,42,45H,10-24,30H2,1-9H3,(H,54,59)(H,55,56,58). The first-order valence-corrected chi connectivity index (χ1v) is 26.0. The van der Waals surface area contributed by atoms with Crippen molar-refractivity contribution in [3.63, 3.8) is 0 Å². The van der Waals surface area contributed by atoms with Gasteiger partial charge >= 0.3 is 0 Å². The molecule has 65 heavy (non-hydrogen) atoms. The number of nitrogens with one attached hydrogen (secondary N) is 2. The number of hydrogen-bond donors (Lipinski definition) is 2. The Morgan fingerprint density at radius 2 is 1.37 bits per heavy atom. The number of rotatable bonds is 26. The van der Waals surface area contributed by atoms with Crippen LogP contribution in [0.15, 0.2) is 59.7 Å². The summed E-state index contributed by atoms with van der Waals surface area (Å²) < 4.78 is 39.8. The molecule has 1 aliphatic heterocycles. The van der Waals surface area contributed by atoms with Crippen molar-refractivity contribution in [3.05, 3.63) is 81.3 Å². The van der Waals surface area contributed by atoms with Gasteiger partial charge in [0.2, 0.25) is 5.25 Å². The normalized spacial score (nSPS) is 14.9. The van der Waals surface area contributed by atoms with Gasteiger partial charge in [0.1, 0.15) is 17.2 Å². The number of hydrazone groups is 1. The SMILES string of the molecule is CCCCCCCCCCCCCCS(=O)(=O)C1C(=O)N(c2c(Cl)cc(OC)cc2Cl)N=C1NC(=O)c1cccc(NC(=O)C(CC)Oc2ccc(C(C)(C)CC)cc2C(C)(C)CC)c1. The second kappa shape index (κ2) is 24.6. The van der Waals surface area contributed by atoms with E-state index >= 15 is 0 Å². The predicted octanol–water partition coefficient (Wildman–Crippen LogP) is 12.7. The van der Waals surface area contributed by atoms with Crippen molar-refractivity contribution < 1.29 is 32.3 Å². The Hall–Kier alpha value is -4.13. The zero-order chi connectivity index (χ0) is 48.0. The molecule has 0 saturated heterocycles. The Bertz CT molecular complexity index is 2220. The molecule has 11 nitrogen and oxygen atoms in total. The van der Waals surface area contributed by atoms with Gasteiger partial charge in [-0.15, -0.1) is 5.10 Å². The zero-order valence-electron chi connectivity index (χ0n) is 40.1. The highest BCUT2D eigenvalue weighted by Gasteiger charge is 2.47. The van der Waals surface area contributed by atoms with Gasteiger partial charge in [-0.3, -0.25) is 14.4 Å². The molecule has 358 valence electrons. The number of amides is 3. The van der Waals surface area contributed by atoms with E-state index in [2.05, 4.69) is 76.3 Å². The molecule has 2 atom stereocenters. The van der Waals surface area contributed by atoms with Crippen LogP contribution in [0.5, 0.6) is 11.5 Å². The summed E-state index contributed by atoms with van der Waals surface area (Å²) in [5, 5.41) is 8.84. The summed E-state index contributed by atoms with van der Waals surface area (Å²) in [5.41, 5.74) is 2.35. The molecule has 3 aromatic carbocycles. The van der Waals surface area contributed by atoms with Crippen LogP contribution in [0, 0.1) is 0 Å². The van der Waals surface area contributed by atoms with Crippen LogP contribution in [0.4, 0.5) is 11.4 Å². The van der Waals surface area contributed by atoms with Crippen molar-refractivity contribution in [3.8, 4) is 11.5 Å². The summed E-state index contributed by atoms with van der Waals surface area (Å²) in [5.74, 6) is -1.76. The predicted molar refractivity (Wildman–Crippen MR) is 267 cm³/mol. The molecule has 0 radical (unpaired) electrons. The van der Waals surface area contributed by atoms with Gasteiger partial charge in [-0.1, -0.05) is 167 Å². The minimum Gasteiger partial charge on any atom is -0.497 e. The second-order valence-electron chi connectivity index (χ2n) is 18.4. The highest BCUT2D eigenvalue weighted by Crippen LogP contribution is 2.41. The minimum atomic E-state index is -4.18. The van der Waals surface area contributed by atoms with Gasteiger partial charge in [-0.05, 0) is 66.3 Å². The molecule has 0 fully saturated rings. The quantitative estimate of drug-likeness (QED) is 0.0763. The number of methoxy groups -OCH3 is 1. The molecule has 1 heterocycles. The molecular weight excluding hydrogens is 884 g/mol. The first kappa shape index (κ1) is 53.5. The molecule has 0 aliphatic carbocycles. The molecule has 4 rings (SSSR count). The molecule has 3 amide bonds. The molecule has 0 aromatic heterocycles. The third-order valence-electron chi connectivity index (χ3n) is 12.8. The lowest BCUT2D eigenvalue weighted by Crippen LogP contribution is -2.46. The monoisotopic (exact) mass is 954 g/mol. The third kappa shape index (κ3) is 14.4. The molecule has 0 spiro atoms. The van der Waals surface area contributed by atoms with Crippen LogP contribution in [0.2, 0.25) is 10.0 Å². The first-order valence-electron chi connectivity index (χ1n) is 23.5. The molecular formula is C51H72Cl2N4O7S. The molecule has 1 aliphatic rings. The number of hydrogen-bond acceptors (Lipinski definition) is 8. The molecule has 3 aromatic rings. The molecule has 14 heteroatoms. The van der Waals surface area contributed by atoms with E-state index in [-0.39, 0.29) is 43.7 Å². The van der Waals surface area contributed by atoms with Gasteiger partial charge in [-0.25, -0.2) is 8.42 Å². The minimum absolute atomic E-state index is 0.00306. The number of anilines is 2. The summed E-state index contributed by atoms with van der Waals surface area (Å²) in [4.78, 5) is 41.8. The summed E-state index contributed by atoms with van der Waals surface area (Å²) in [6, 6.07) is 15.3. The van der Waals surface area contributed by atoms with Gasteiger partial charge in [0.15, 0.2) is 21.8 Å². The summed E-state index contributed by atoms with van der Waals surface area (Å²) in [7, 11) is -2.75. The fraction of sp³-hybridized carbons (Fsp3) is 0.569. The molecule has 2 N–H and O–H groups in total. The highest BCUT2D eigenvalue weighted by atomic mass is 35.5. The van der Waals surface area contributed by atoms with Crippen LogP contribution < -0.4 is 25.1 Å². The van der Waals surface area contributed by atoms with E-state index in [1.165, 1.54) is 81.9 Å². The lowest BCUT2D eigenvalue weighted by molar-refractivity contribution is -0.123. The van der Waals surface area contributed by atoms with E-state index in [1.807, 2.05) is 13.0 Å². The van der Waals surface area contributed by atoms with Crippen LogP contribution in [0.3, 0.4) is 0 Å². The summed E-state index contributed by atoms with van der Waals surface area (Å²) in [6.45, 7) is 17.2. The first-order chi connectivity index (χ1) is 30.8. The van der Waals surface area contributed by atoms with Gasteiger partial charge in [-0.2, -0.15) is 5.01 Å². The molecule has 0 saturated carbocycles. The second-order valence-corrected chi connectivity index (χ2v) is 21.5. The van der Waals surface area contributed by atoms with E-state index in [9.17, 15) is 22.8 Å². The number of sulfone groups is 1. The molecule has 0 bridgehead atoms. The van der Waals surface area contributed by atoms with Crippen LogP contribution in [0.1, 0.15) is 173 Å². The number of unbranched alkanes of at least 4 members (excludes halogenated alkanes) is 11. The van der Waals surface area contributed by atoms with Crippen molar-refractivity contribution in [2.75, 3.05) is 23.2 Å². The van der Waals surface area contributed by atoms with E-state index < -0.39 is 38.9 Å². The Morgan fingerprint density at radius 1 is 0.785 bits per heavy atom. The van der Waals surface area contributed by atoms with Crippen LogP contribution in [-0.2, 0) is 30.3 Å². The Kier molecular flexibility index (Phi) is 20.2. The van der Waals surface area contributed by atoms with E-state index in [1.54, 1.807) is 12.1 Å². The maximum Gasteiger partial charge on any atom is 0.273 e. The maximum atomic E-state index is 14.1. The Labute approximate surface area is 398 Å². The van der Waals surface area contributed by atoms with Gasteiger partial charge in [0.25, 0.3) is 17.7 Å². The van der Waals surface area contributed by atoms with E-state index in [0.29, 0.717) is 36.4 Å². The van der Waals surface area contributed by atoms with Crippen molar-refractivity contribution in [1.82, 2.24) is 5.32 Å². The van der Waals surface area contributed by atoms with Crippen molar-refractivity contribution in [2.24, 2.45) is 5.10 Å². The van der Waals surface area contributed by atoms with Crippen LogP contribution in [-0.4, -0.2) is 56.2 Å². The number of benzene rings is 3. The van der Waals surface area contributed by atoms with Crippen LogP contribution >= 0.6 is 23.2 Å². The van der Waals surface area contributed by atoms with Gasteiger partial charge < -0.3 is 20.1 Å². The fourth-order valence-electron chi connectivity index (χ4n) is 7.74. The Balaban J connectivity index is 1.51. The van der Waals surface area contributed by atoms with Crippen LogP contribution in [0.25, 0.3) is 0 Å². The van der Waals surface area contributed by atoms with E-state index in [0.717, 1.165) is 42.7 Å². The maximum absolute atomic E-state index is 14.1. The lowest BCUT2D eigenvalue weighted by atomic mass is 9.76. The van der Waals surface area contributed by atoms with Gasteiger partial charge in [0.05, 0.1) is 22.9 Å². The van der Waals surface area contributed by atoms with E-state index in [4.69, 9.17) is 32.7 Å². The number of carbonyl (C=O) groups excluding carboxylic acids is 3. The van der Waals surface area contributed by atoms with Gasteiger partial charge in [0, 0.05) is 28.9 Å².